The fourth-order valence-electron chi connectivity index (χ4n) is 3.03. The van der Waals surface area contributed by atoms with E-state index in [0.717, 1.165) is 19.3 Å². The molecule has 1 aromatic rings. The van der Waals surface area contributed by atoms with Crippen LogP contribution in [0.5, 0.6) is 0 Å². The van der Waals surface area contributed by atoms with Crippen molar-refractivity contribution in [2.24, 2.45) is 0 Å². The van der Waals surface area contributed by atoms with Crippen LogP contribution in [0.2, 0.25) is 0 Å². The predicted octanol–water partition coefficient (Wildman–Crippen LogP) is 2.50. The van der Waals surface area contributed by atoms with Gasteiger partial charge in [0.25, 0.3) is 0 Å². The van der Waals surface area contributed by atoms with Crippen LogP contribution in [-0.2, 0) is 16.6 Å². The van der Waals surface area contributed by atoms with Crippen LogP contribution >= 0.6 is 0 Å². The molecule has 0 radical (unpaired) electrons. The minimum Gasteiger partial charge on any atom is -0.316 e. The van der Waals surface area contributed by atoms with E-state index in [2.05, 4.69) is 5.32 Å². The van der Waals surface area contributed by atoms with Gasteiger partial charge in [-0.05, 0) is 51.9 Å². The second-order valence-electron chi connectivity index (χ2n) is 5.75. The summed E-state index contributed by atoms with van der Waals surface area (Å²) in [6.45, 7) is 4.18. The molecule has 0 spiro atoms. The minimum absolute atomic E-state index is 0.0171. The van der Waals surface area contributed by atoms with Crippen LogP contribution in [0.25, 0.3) is 0 Å². The van der Waals surface area contributed by atoms with E-state index >= 15 is 0 Å². The van der Waals surface area contributed by atoms with Crippen molar-refractivity contribution in [1.82, 2.24) is 9.62 Å². The molecular weight excluding hydrogens is 291 g/mol. The molecule has 118 valence electrons. The Kier molecular flexibility index (Phi) is 5.01. The SMILES string of the molecule is CNCc1cc(S(=O)(=O)N2[C@H](C)CCC[C@@H]2C)ccc1F. The van der Waals surface area contributed by atoms with Gasteiger partial charge in [-0.2, -0.15) is 4.31 Å². The number of hydrogen-bond acceptors (Lipinski definition) is 3. The maximum atomic E-state index is 13.7. The topological polar surface area (TPSA) is 49.4 Å². The van der Waals surface area contributed by atoms with Gasteiger partial charge in [0.2, 0.25) is 10.0 Å². The fourth-order valence-corrected chi connectivity index (χ4v) is 4.96. The van der Waals surface area contributed by atoms with E-state index in [1.165, 1.54) is 18.2 Å². The van der Waals surface area contributed by atoms with Crippen LogP contribution in [0.3, 0.4) is 0 Å². The second-order valence-corrected chi connectivity index (χ2v) is 7.59. The van der Waals surface area contributed by atoms with E-state index in [-0.39, 0.29) is 22.8 Å². The third-order valence-corrected chi connectivity index (χ3v) is 6.20. The molecule has 1 aliphatic rings. The Morgan fingerprint density at radius 3 is 2.48 bits per heavy atom. The summed E-state index contributed by atoms with van der Waals surface area (Å²) >= 11 is 0. The normalized spacial score (nSPS) is 24.2. The summed E-state index contributed by atoms with van der Waals surface area (Å²) in [6, 6.07) is 4.00. The van der Waals surface area contributed by atoms with Crippen molar-refractivity contribution in [2.75, 3.05) is 7.05 Å². The summed E-state index contributed by atoms with van der Waals surface area (Å²) in [5.74, 6) is -0.386. The Morgan fingerprint density at radius 2 is 1.90 bits per heavy atom. The van der Waals surface area contributed by atoms with Gasteiger partial charge in [0.1, 0.15) is 5.82 Å². The summed E-state index contributed by atoms with van der Waals surface area (Å²) in [5, 5.41) is 2.85. The van der Waals surface area contributed by atoms with Crippen molar-refractivity contribution in [2.45, 2.75) is 56.6 Å². The first-order valence-electron chi connectivity index (χ1n) is 7.34. The quantitative estimate of drug-likeness (QED) is 0.929. The molecule has 0 bridgehead atoms. The predicted molar refractivity (Wildman–Crippen MR) is 81.0 cm³/mol. The highest BCUT2D eigenvalue weighted by atomic mass is 32.2. The Hall–Kier alpha value is -0.980. The van der Waals surface area contributed by atoms with E-state index in [1.807, 2.05) is 13.8 Å². The lowest BCUT2D eigenvalue weighted by Crippen LogP contribution is -2.47. The number of piperidine rings is 1. The lowest BCUT2D eigenvalue weighted by Gasteiger charge is -2.37. The minimum atomic E-state index is -3.58. The zero-order valence-electron chi connectivity index (χ0n) is 12.8. The molecule has 2 rings (SSSR count). The summed E-state index contributed by atoms with van der Waals surface area (Å²) < 4.78 is 41.0. The Labute approximate surface area is 126 Å². The van der Waals surface area contributed by atoms with Gasteiger partial charge in [-0.1, -0.05) is 6.42 Å². The van der Waals surface area contributed by atoms with Crippen LogP contribution in [0.4, 0.5) is 4.39 Å². The molecule has 4 nitrogen and oxygen atoms in total. The zero-order valence-corrected chi connectivity index (χ0v) is 13.6. The van der Waals surface area contributed by atoms with Crippen molar-refractivity contribution < 1.29 is 12.8 Å². The van der Waals surface area contributed by atoms with Gasteiger partial charge in [-0.25, -0.2) is 12.8 Å². The smallest absolute Gasteiger partial charge is 0.243 e. The average molecular weight is 314 g/mol. The molecule has 0 unspecified atom stereocenters. The van der Waals surface area contributed by atoms with Crippen molar-refractivity contribution in [3.05, 3.63) is 29.6 Å². The zero-order chi connectivity index (χ0) is 15.6. The molecule has 0 saturated carbocycles. The third-order valence-electron chi connectivity index (χ3n) is 4.07. The molecule has 1 fully saturated rings. The third kappa shape index (κ3) is 3.27. The molecule has 1 saturated heterocycles. The number of nitrogens with zero attached hydrogens (tertiary/aromatic N) is 1. The molecule has 1 aliphatic heterocycles. The van der Waals surface area contributed by atoms with Gasteiger partial charge in [-0.3, -0.25) is 0 Å². The van der Waals surface area contributed by atoms with Crippen LogP contribution in [-0.4, -0.2) is 31.9 Å². The van der Waals surface area contributed by atoms with Crippen LogP contribution in [0.15, 0.2) is 23.1 Å². The number of hydrogen-bond donors (Lipinski definition) is 1. The van der Waals surface area contributed by atoms with Crippen molar-refractivity contribution in [3.63, 3.8) is 0 Å². The molecule has 1 aromatic carbocycles. The highest BCUT2D eigenvalue weighted by molar-refractivity contribution is 7.89. The molecular formula is C15H23FN2O2S. The number of sulfonamides is 1. The first-order valence-corrected chi connectivity index (χ1v) is 8.78. The molecule has 1 heterocycles. The first-order chi connectivity index (χ1) is 9.87. The molecule has 1 N–H and O–H groups in total. The number of rotatable bonds is 4. The lowest BCUT2D eigenvalue weighted by molar-refractivity contribution is 0.204. The van der Waals surface area contributed by atoms with Gasteiger partial charge < -0.3 is 5.32 Å². The maximum Gasteiger partial charge on any atom is 0.243 e. The summed E-state index contributed by atoms with van der Waals surface area (Å²) in [4.78, 5) is 0.176. The fraction of sp³-hybridized carbons (Fsp3) is 0.600. The van der Waals surface area contributed by atoms with Gasteiger partial charge in [0, 0.05) is 24.2 Å². The number of benzene rings is 1. The molecule has 0 aliphatic carbocycles. The van der Waals surface area contributed by atoms with E-state index in [1.54, 1.807) is 11.4 Å². The van der Waals surface area contributed by atoms with Gasteiger partial charge in [0.05, 0.1) is 4.90 Å². The van der Waals surface area contributed by atoms with E-state index in [4.69, 9.17) is 0 Å². The van der Waals surface area contributed by atoms with E-state index in [0.29, 0.717) is 12.1 Å². The molecule has 0 aromatic heterocycles. The molecule has 0 amide bonds. The van der Waals surface area contributed by atoms with Crippen LogP contribution in [0, 0.1) is 5.82 Å². The first kappa shape index (κ1) is 16.4. The Morgan fingerprint density at radius 1 is 1.29 bits per heavy atom. The monoisotopic (exact) mass is 314 g/mol. The molecule has 6 heteroatoms. The number of halogens is 1. The van der Waals surface area contributed by atoms with E-state index < -0.39 is 10.0 Å². The van der Waals surface area contributed by atoms with Gasteiger partial charge >= 0.3 is 0 Å². The lowest BCUT2D eigenvalue weighted by atomic mass is 10.0. The Bertz CT molecular complexity index is 594. The van der Waals surface area contributed by atoms with Crippen LogP contribution in [0.1, 0.15) is 38.7 Å². The maximum absolute atomic E-state index is 13.7. The Balaban J connectivity index is 2.41. The highest BCUT2D eigenvalue weighted by Gasteiger charge is 2.35. The summed E-state index contributed by atoms with van der Waals surface area (Å²) in [7, 11) is -1.88. The van der Waals surface area contributed by atoms with E-state index in [9.17, 15) is 12.8 Å². The second kappa shape index (κ2) is 6.42. The highest BCUT2D eigenvalue weighted by Crippen LogP contribution is 2.30. The van der Waals surface area contributed by atoms with Gasteiger partial charge in [0.15, 0.2) is 0 Å². The van der Waals surface area contributed by atoms with Crippen molar-refractivity contribution >= 4 is 10.0 Å². The van der Waals surface area contributed by atoms with Crippen LogP contribution < -0.4 is 5.32 Å². The standard InChI is InChI=1S/C15H23FN2O2S/c1-11-5-4-6-12(2)18(11)21(19,20)14-7-8-15(16)13(9-14)10-17-3/h7-9,11-12,17H,4-6,10H2,1-3H3/t11-,12+. The summed E-state index contributed by atoms with van der Waals surface area (Å²) in [6.07, 6.45) is 2.78. The largest absolute Gasteiger partial charge is 0.316 e. The van der Waals surface area contributed by atoms with Crippen molar-refractivity contribution in [3.8, 4) is 0 Å². The number of nitrogens with one attached hydrogen (secondary N) is 1. The average Bonchev–Trinajstić information content (AvgIpc) is 2.41. The van der Waals surface area contributed by atoms with Gasteiger partial charge in [-0.15, -0.1) is 0 Å². The summed E-state index contributed by atoms with van der Waals surface area (Å²) in [5.41, 5.74) is 0.371. The molecule has 21 heavy (non-hydrogen) atoms. The molecule has 2 atom stereocenters. The van der Waals surface area contributed by atoms with Crippen molar-refractivity contribution in [1.29, 1.82) is 0 Å².